The Kier molecular flexibility index (Phi) is 10.2. The molecule has 38 heavy (non-hydrogen) atoms. The van der Waals surface area contributed by atoms with E-state index in [0.717, 1.165) is 34.7 Å². The molecule has 0 saturated carbocycles. The van der Waals surface area contributed by atoms with Crippen molar-refractivity contribution in [3.8, 4) is 0 Å². The summed E-state index contributed by atoms with van der Waals surface area (Å²) in [4.78, 5) is 14.3. The summed E-state index contributed by atoms with van der Waals surface area (Å²) in [6, 6.07) is 15.0. The van der Waals surface area contributed by atoms with Crippen LogP contribution in [0.5, 0.6) is 0 Å². The van der Waals surface area contributed by atoms with Gasteiger partial charge >= 0.3 is 0 Å². The van der Waals surface area contributed by atoms with Gasteiger partial charge in [-0.1, -0.05) is 41.5 Å². The molecule has 0 saturated heterocycles. The number of benzene rings is 2. The molecule has 0 bridgehead atoms. The SMILES string of the molecule is CC(=O)N(/C=C/C=C/C=C/C1=[N+](CCCS(=O)(=O)O)c2ccc(SOOO)cc2C1(C)C)c1ccccc1. The summed E-state index contributed by atoms with van der Waals surface area (Å²) in [5.74, 6) is -0.448. The van der Waals surface area contributed by atoms with E-state index in [1.54, 1.807) is 23.2 Å². The van der Waals surface area contributed by atoms with Crippen LogP contribution in [0.1, 0.15) is 32.8 Å². The maximum atomic E-state index is 12.0. The van der Waals surface area contributed by atoms with Crippen molar-refractivity contribution in [1.82, 2.24) is 0 Å². The van der Waals surface area contributed by atoms with Crippen molar-refractivity contribution in [2.24, 2.45) is 0 Å². The molecule has 0 spiro atoms. The lowest BCUT2D eigenvalue weighted by molar-refractivity contribution is -0.437. The lowest BCUT2D eigenvalue weighted by Crippen LogP contribution is -2.28. The zero-order valence-corrected chi connectivity index (χ0v) is 23.0. The molecule has 1 aliphatic rings. The van der Waals surface area contributed by atoms with Gasteiger partial charge in [0, 0.05) is 47.8 Å². The van der Waals surface area contributed by atoms with Gasteiger partial charge in [0.1, 0.15) is 6.54 Å². The molecule has 0 unspecified atom stereocenters. The molecular formula is C27H31N2O7S2+. The van der Waals surface area contributed by atoms with Crippen LogP contribution in [0.4, 0.5) is 11.4 Å². The molecule has 0 atom stereocenters. The number of carbonyl (C=O) groups is 1. The third-order valence-electron chi connectivity index (χ3n) is 6.00. The van der Waals surface area contributed by atoms with E-state index in [1.165, 1.54) is 6.92 Å². The van der Waals surface area contributed by atoms with Crippen molar-refractivity contribution in [2.45, 2.75) is 37.5 Å². The quantitative estimate of drug-likeness (QED) is 0.0881. The number of carbonyl (C=O) groups excluding carboxylic acids is 1. The minimum absolute atomic E-state index is 0.105. The molecule has 1 amide bonds. The standard InChI is InChI=1S/C27H30N2O7S2/c1-21(30)28(22-12-7-6-8-13-22)17-10-5-4-9-14-26-27(2,3)24-20-23(37-36-35-31)15-16-25(24)29(26)18-11-19-38(32,33)34/h4-10,12-17,20H,11,18-19H2,1-3H3,(H-,31,32,33,34)/p+1. The van der Waals surface area contributed by atoms with Crippen molar-refractivity contribution < 1.29 is 37.0 Å². The molecule has 3 rings (SSSR count). The van der Waals surface area contributed by atoms with Gasteiger partial charge in [0.15, 0.2) is 5.71 Å². The van der Waals surface area contributed by atoms with Gasteiger partial charge in [-0.25, -0.2) is 5.26 Å². The van der Waals surface area contributed by atoms with E-state index in [2.05, 4.69) is 23.2 Å². The maximum Gasteiger partial charge on any atom is 0.265 e. The minimum Gasteiger partial charge on any atom is -0.288 e. The van der Waals surface area contributed by atoms with Crippen molar-refractivity contribution in [1.29, 1.82) is 0 Å². The van der Waals surface area contributed by atoms with Crippen molar-refractivity contribution in [3.05, 3.63) is 90.7 Å². The topological polar surface area (TPSA) is 116 Å². The predicted octanol–water partition coefficient (Wildman–Crippen LogP) is 5.45. The van der Waals surface area contributed by atoms with Crippen LogP contribution in [-0.2, 0) is 29.7 Å². The number of hydrogen-bond acceptors (Lipinski definition) is 7. The monoisotopic (exact) mass is 559 g/mol. The van der Waals surface area contributed by atoms with Gasteiger partial charge in [0.25, 0.3) is 10.1 Å². The van der Waals surface area contributed by atoms with Crippen LogP contribution in [0.25, 0.3) is 0 Å². The van der Waals surface area contributed by atoms with E-state index >= 15 is 0 Å². The van der Waals surface area contributed by atoms with Crippen LogP contribution in [0, 0.1) is 0 Å². The van der Waals surface area contributed by atoms with Gasteiger partial charge in [-0.05, 0) is 44.2 Å². The molecule has 9 nitrogen and oxygen atoms in total. The third kappa shape index (κ3) is 7.73. The summed E-state index contributed by atoms with van der Waals surface area (Å²) >= 11 is 0.863. The number of para-hydroxylation sites is 1. The van der Waals surface area contributed by atoms with E-state index in [4.69, 9.17) is 5.26 Å². The Morgan fingerprint density at radius 1 is 1.11 bits per heavy atom. The van der Waals surface area contributed by atoms with Crippen LogP contribution < -0.4 is 4.90 Å². The summed E-state index contributed by atoms with van der Waals surface area (Å²) in [7, 11) is -4.08. The van der Waals surface area contributed by atoms with Crippen molar-refractivity contribution in [3.63, 3.8) is 0 Å². The molecule has 0 aromatic heterocycles. The molecule has 2 N–H and O–H groups in total. The molecule has 1 heterocycles. The van der Waals surface area contributed by atoms with E-state index in [-0.39, 0.29) is 18.1 Å². The summed E-state index contributed by atoms with van der Waals surface area (Å²) in [6.07, 6.45) is 11.2. The molecular weight excluding hydrogens is 528 g/mol. The molecule has 1 aliphatic heterocycles. The average molecular weight is 560 g/mol. The zero-order valence-electron chi connectivity index (χ0n) is 21.4. The molecule has 11 heteroatoms. The van der Waals surface area contributed by atoms with Crippen LogP contribution in [0.2, 0.25) is 0 Å². The summed E-state index contributed by atoms with van der Waals surface area (Å²) in [5, 5.41) is 12.2. The lowest BCUT2D eigenvalue weighted by Gasteiger charge is -2.16. The Morgan fingerprint density at radius 3 is 2.47 bits per heavy atom. The molecule has 202 valence electrons. The molecule has 0 radical (unpaired) electrons. The minimum atomic E-state index is -4.08. The summed E-state index contributed by atoms with van der Waals surface area (Å²) in [5.41, 5.74) is 3.16. The summed E-state index contributed by atoms with van der Waals surface area (Å²) < 4.78 is 38.4. The van der Waals surface area contributed by atoms with Crippen LogP contribution >= 0.6 is 12.0 Å². The largest absolute Gasteiger partial charge is 0.288 e. The second-order valence-corrected chi connectivity index (χ2v) is 11.4. The number of hydrogen-bond donors (Lipinski definition) is 2. The van der Waals surface area contributed by atoms with Gasteiger partial charge in [-0.3, -0.25) is 14.2 Å². The Hall–Kier alpha value is -3.06. The summed E-state index contributed by atoms with van der Waals surface area (Å²) in [6.45, 7) is 5.99. The van der Waals surface area contributed by atoms with Crippen molar-refractivity contribution >= 4 is 45.2 Å². The predicted molar refractivity (Wildman–Crippen MR) is 148 cm³/mol. The fourth-order valence-corrected chi connectivity index (χ4v) is 5.17. The maximum absolute atomic E-state index is 12.0. The van der Waals surface area contributed by atoms with Gasteiger partial charge in [0.05, 0.1) is 23.2 Å². The first-order valence-electron chi connectivity index (χ1n) is 11.8. The molecule has 2 aromatic carbocycles. The smallest absolute Gasteiger partial charge is 0.265 e. The number of allylic oxidation sites excluding steroid dienone is 5. The van der Waals surface area contributed by atoms with E-state index in [9.17, 15) is 17.8 Å². The van der Waals surface area contributed by atoms with Gasteiger partial charge in [-0.2, -0.15) is 13.0 Å². The highest BCUT2D eigenvalue weighted by atomic mass is 32.2. The number of rotatable bonds is 12. The van der Waals surface area contributed by atoms with E-state index in [1.807, 2.05) is 71.3 Å². The zero-order chi connectivity index (χ0) is 27.8. The first-order valence-corrected chi connectivity index (χ1v) is 14.2. The van der Waals surface area contributed by atoms with Gasteiger partial charge in [-0.15, -0.1) is 4.33 Å². The van der Waals surface area contributed by atoms with Crippen LogP contribution in [0.15, 0.2) is 90.0 Å². The first kappa shape index (κ1) is 29.5. The highest BCUT2D eigenvalue weighted by Gasteiger charge is 2.44. The number of anilines is 1. The first-order chi connectivity index (χ1) is 18.0. The fraction of sp³-hybridized carbons (Fsp3) is 0.259. The Bertz CT molecular complexity index is 1370. The van der Waals surface area contributed by atoms with E-state index < -0.39 is 15.5 Å². The van der Waals surface area contributed by atoms with Crippen LogP contribution in [0.3, 0.4) is 0 Å². The Labute approximate surface area is 227 Å². The number of amides is 1. The number of fused-ring (bicyclic) bond motifs is 1. The second-order valence-electron chi connectivity index (χ2n) is 9.02. The van der Waals surface area contributed by atoms with E-state index in [0.29, 0.717) is 11.4 Å². The lowest BCUT2D eigenvalue weighted by atomic mass is 9.81. The van der Waals surface area contributed by atoms with Crippen molar-refractivity contribution in [2.75, 3.05) is 17.2 Å². The number of nitrogens with zero attached hydrogens (tertiary/aromatic N) is 2. The van der Waals surface area contributed by atoms with Crippen LogP contribution in [-0.4, -0.2) is 46.7 Å². The molecule has 2 aromatic rings. The Morgan fingerprint density at radius 2 is 1.82 bits per heavy atom. The molecule has 0 aliphatic carbocycles. The third-order valence-corrected chi connectivity index (χ3v) is 7.38. The van der Waals surface area contributed by atoms with Gasteiger partial charge in [0.2, 0.25) is 11.6 Å². The highest BCUT2D eigenvalue weighted by Crippen LogP contribution is 2.42. The normalized spacial score (nSPS) is 15.2. The fourth-order valence-electron chi connectivity index (χ4n) is 4.28. The average Bonchev–Trinajstić information content (AvgIpc) is 3.07. The molecule has 0 fully saturated rings. The highest BCUT2D eigenvalue weighted by molar-refractivity contribution is 7.94. The van der Waals surface area contributed by atoms with Gasteiger partial charge < -0.3 is 0 Å². The second kappa shape index (κ2) is 13.1. The Balaban J connectivity index is 1.85.